The Morgan fingerprint density at radius 1 is 1.26 bits per heavy atom. The number of hydrogen-bond donors (Lipinski definition) is 1. The minimum atomic E-state index is 0.219. The highest BCUT2D eigenvalue weighted by Gasteiger charge is 2.35. The summed E-state index contributed by atoms with van der Waals surface area (Å²) in [6.45, 7) is 10.4. The van der Waals surface area contributed by atoms with E-state index in [1.807, 2.05) is 0 Å². The van der Waals surface area contributed by atoms with Crippen molar-refractivity contribution in [1.29, 1.82) is 0 Å². The maximum absolute atomic E-state index is 3.44. The monoisotopic (exact) mass is 260 g/mol. The van der Waals surface area contributed by atoms with E-state index in [2.05, 4.69) is 69.2 Å². The van der Waals surface area contributed by atoms with E-state index in [4.69, 9.17) is 0 Å². The molecule has 1 aromatic carbocycles. The van der Waals surface area contributed by atoms with Gasteiger partial charge < -0.3 is 10.2 Å². The van der Waals surface area contributed by atoms with Crippen LogP contribution >= 0.6 is 0 Å². The largest absolute Gasteiger partial charge is 0.366 e. The molecule has 0 amide bonds. The number of piperidine rings is 1. The van der Waals surface area contributed by atoms with Crippen LogP contribution in [0.1, 0.15) is 52.0 Å². The summed E-state index contributed by atoms with van der Waals surface area (Å²) in [7, 11) is 2.08. The lowest BCUT2D eigenvalue weighted by molar-refractivity contribution is 0.301. The molecule has 0 aliphatic carbocycles. The van der Waals surface area contributed by atoms with Gasteiger partial charge in [0, 0.05) is 23.8 Å². The second kappa shape index (κ2) is 5.54. The predicted octanol–water partition coefficient (Wildman–Crippen LogP) is 3.78. The molecule has 1 unspecified atom stereocenters. The Labute approximate surface area is 118 Å². The molecular weight excluding hydrogens is 232 g/mol. The third-order valence-corrected chi connectivity index (χ3v) is 4.44. The number of rotatable bonds is 3. The Balaban J connectivity index is 2.32. The van der Waals surface area contributed by atoms with E-state index in [1.54, 1.807) is 0 Å². The molecule has 2 nitrogen and oxygen atoms in total. The Morgan fingerprint density at radius 2 is 1.95 bits per heavy atom. The van der Waals surface area contributed by atoms with Crippen LogP contribution in [0.25, 0.3) is 0 Å². The summed E-state index contributed by atoms with van der Waals surface area (Å²) in [6, 6.07) is 9.54. The highest BCUT2D eigenvalue weighted by atomic mass is 15.2. The molecule has 0 aromatic heterocycles. The van der Waals surface area contributed by atoms with Crippen LogP contribution in [-0.4, -0.2) is 25.2 Å². The standard InChI is InChI=1S/C17H28N2/c1-13(2)15-8-6-7-9-16(15)19-11-10-14(18-5)12-17(19,3)4/h6-9,13-14,18H,10-12H2,1-5H3. The molecule has 0 bridgehead atoms. The zero-order chi connectivity index (χ0) is 14.0. The lowest BCUT2D eigenvalue weighted by Gasteiger charge is -2.48. The second-order valence-electron chi connectivity index (χ2n) is 6.66. The van der Waals surface area contributed by atoms with Crippen LogP contribution in [-0.2, 0) is 0 Å². The van der Waals surface area contributed by atoms with E-state index in [0.29, 0.717) is 12.0 Å². The van der Waals surface area contributed by atoms with Crippen LogP contribution in [0, 0.1) is 0 Å². The molecular formula is C17H28N2. The second-order valence-corrected chi connectivity index (χ2v) is 6.66. The molecule has 0 radical (unpaired) electrons. The van der Waals surface area contributed by atoms with Crippen molar-refractivity contribution in [3.05, 3.63) is 29.8 Å². The Kier molecular flexibility index (Phi) is 4.19. The van der Waals surface area contributed by atoms with Gasteiger partial charge >= 0.3 is 0 Å². The van der Waals surface area contributed by atoms with Gasteiger partial charge in [-0.15, -0.1) is 0 Å². The van der Waals surface area contributed by atoms with E-state index in [0.717, 1.165) is 6.54 Å². The summed E-state index contributed by atoms with van der Waals surface area (Å²) in [6.07, 6.45) is 2.43. The zero-order valence-corrected chi connectivity index (χ0v) is 13.0. The first kappa shape index (κ1) is 14.4. The summed E-state index contributed by atoms with van der Waals surface area (Å²) < 4.78 is 0. The Bertz CT molecular complexity index is 423. The maximum atomic E-state index is 3.44. The van der Waals surface area contributed by atoms with Crippen molar-refractivity contribution in [3.63, 3.8) is 0 Å². The minimum absolute atomic E-state index is 0.219. The minimum Gasteiger partial charge on any atom is -0.366 e. The van der Waals surface area contributed by atoms with Crippen molar-refractivity contribution in [3.8, 4) is 0 Å². The van der Waals surface area contributed by atoms with E-state index < -0.39 is 0 Å². The third-order valence-electron chi connectivity index (χ3n) is 4.44. The van der Waals surface area contributed by atoms with Gasteiger partial charge in [-0.25, -0.2) is 0 Å². The van der Waals surface area contributed by atoms with Crippen LogP contribution in [0.2, 0.25) is 0 Å². The lowest BCUT2D eigenvalue weighted by Crippen LogP contribution is -2.54. The molecule has 0 saturated carbocycles. The van der Waals surface area contributed by atoms with Crippen LogP contribution in [0.5, 0.6) is 0 Å². The summed E-state index contributed by atoms with van der Waals surface area (Å²) in [5.74, 6) is 0.578. The van der Waals surface area contributed by atoms with Crippen LogP contribution in [0.15, 0.2) is 24.3 Å². The van der Waals surface area contributed by atoms with Gasteiger partial charge in [0.05, 0.1) is 0 Å². The van der Waals surface area contributed by atoms with Crippen molar-refractivity contribution < 1.29 is 0 Å². The van der Waals surface area contributed by atoms with Crippen LogP contribution in [0.4, 0.5) is 5.69 Å². The molecule has 1 atom stereocenters. The highest BCUT2D eigenvalue weighted by Crippen LogP contribution is 2.36. The average Bonchev–Trinajstić information content (AvgIpc) is 2.37. The van der Waals surface area contributed by atoms with Crippen molar-refractivity contribution in [2.45, 2.75) is 58.0 Å². The Hall–Kier alpha value is -1.02. The van der Waals surface area contributed by atoms with Gasteiger partial charge in [0.25, 0.3) is 0 Å². The van der Waals surface area contributed by atoms with Gasteiger partial charge in [0.1, 0.15) is 0 Å². The van der Waals surface area contributed by atoms with Crippen molar-refractivity contribution in [1.82, 2.24) is 5.32 Å². The molecule has 2 heteroatoms. The molecule has 106 valence electrons. The number of benzene rings is 1. The van der Waals surface area contributed by atoms with E-state index in [9.17, 15) is 0 Å². The third kappa shape index (κ3) is 2.94. The fourth-order valence-electron chi connectivity index (χ4n) is 3.32. The first-order chi connectivity index (χ1) is 8.95. The maximum Gasteiger partial charge on any atom is 0.0405 e. The number of anilines is 1. The van der Waals surface area contributed by atoms with E-state index in [1.165, 1.54) is 24.1 Å². The van der Waals surface area contributed by atoms with Gasteiger partial charge in [0.2, 0.25) is 0 Å². The van der Waals surface area contributed by atoms with Crippen LogP contribution in [0.3, 0.4) is 0 Å². The van der Waals surface area contributed by atoms with Gasteiger partial charge in [-0.3, -0.25) is 0 Å². The molecule has 1 heterocycles. The molecule has 1 aromatic rings. The fourth-order valence-corrected chi connectivity index (χ4v) is 3.32. The fraction of sp³-hybridized carbons (Fsp3) is 0.647. The summed E-state index contributed by atoms with van der Waals surface area (Å²) in [5, 5.41) is 3.44. The Morgan fingerprint density at radius 3 is 2.53 bits per heavy atom. The number of hydrogen-bond acceptors (Lipinski definition) is 2. The molecule has 19 heavy (non-hydrogen) atoms. The lowest BCUT2D eigenvalue weighted by atomic mass is 9.85. The van der Waals surface area contributed by atoms with Crippen LogP contribution < -0.4 is 10.2 Å². The number of para-hydroxylation sites is 1. The molecule has 1 saturated heterocycles. The van der Waals surface area contributed by atoms with Crippen molar-refractivity contribution in [2.24, 2.45) is 0 Å². The highest BCUT2D eigenvalue weighted by molar-refractivity contribution is 5.57. The predicted molar refractivity (Wildman–Crippen MR) is 84.0 cm³/mol. The van der Waals surface area contributed by atoms with Crippen molar-refractivity contribution >= 4 is 5.69 Å². The molecule has 0 spiro atoms. The zero-order valence-electron chi connectivity index (χ0n) is 13.0. The van der Waals surface area contributed by atoms with E-state index in [-0.39, 0.29) is 5.54 Å². The summed E-state index contributed by atoms with van der Waals surface area (Å²) >= 11 is 0. The molecule has 2 rings (SSSR count). The average molecular weight is 260 g/mol. The molecule has 1 aliphatic heterocycles. The van der Waals surface area contributed by atoms with Crippen molar-refractivity contribution in [2.75, 3.05) is 18.5 Å². The first-order valence-electron chi connectivity index (χ1n) is 7.49. The topological polar surface area (TPSA) is 15.3 Å². The quantitative estimate of drug-likeness (QED) is 0.890. The number of nitrogens with one attached hydrogen (secondary N) is 1. The normalized spacial score (nSPS) is 22.8. The van der Waals surface area contributed by atoms with Gasteiger partial charge in [0.15, 0.2) is 0 Å². The van der Waals surface area contributed by atoms with Gasteiger partial charge in [-0.2, -0.15) is 0 Å². The molecule has 1 N–H and O–H groups in total. The molecule has 1 fully saturated rings. The first-order valence-corrected chi connectivity index (χ1v) is 7.49. The van der Waals surface area contributed by atoms with Gasteiger partial charge in [-0.05, 0) is 51.3 Å². The summed E-state index contributed by atoms with van der Waals surface area (Å²) in [5.41, 5.74) is 3.12. The van der Waals surface area contributed by atoms with E-state index >= 15 is 0 Å². The van der Waals surface area contributed by atoms with Gasteiger partial charge in [-0.1, -0.05) is 32.0 Å². The number of nitrogens with zero attached hydrogens (tertiary/aromatic N) is 1. The molecule has 1 aliphatic rings. The summed E-state index contributed by atoms with van der Waals surface area (Å²) in [4.78, 5) is 2.61. The smallest absolute Gasteiger partial charge is 0.0405 e. The SMILES string of the molecule is CNC1CCN(c2ccccc2C(C)C)C(C)(C)C1.